The summed E-state index contributed by atoms with van der Waals surface area (Å²) in [6.07, 6.45) is -0.754. The number of aromatic amines is 1. The van der Waals surface area contributed by atoms with Crippen LogP contribution < -0.4 is 67.7 Å². The van der Waals surface area contributed by atoms with Gasteiger partial charge in [-0.05, 0) is 6.92 Å². The maximum Gasteiger partial charge on any atom is 1.00 e. The molecule has 0 atom stereocenters. The van der Waals surface area contributed by atoms with Crippen LogP contribution in [0.1, 0.15) is 5.56 Å². The van der Waals surface area contributed by atoms with E-state index in [1.54, 1.807) is 0 Å². The Balaban J connectivity index is -0.000000180. The van der Waals surface area contributed by atoms with Gasteiger partial charge in [-0.1, -0.05) is 0 Å². The molecule has 0 unspecified atom stereocenters. The van der Waals surface area contributed by atoms with Crippen molar-refractivity contribution in [1.29, 1.82) is 0 Å². The average Bonchev–Trinajstić information content (AvgIpc) is 1.96. The third-order valence-electron chi connectivity index (χ3n) is 1.32. The van der Waals surface area contributed by atoms with Gasteiger partial charge < -0.3 is 26.3 Å². The zero-order valence-electron chi connectivity index (χ0n) is 8.66. The molecule has 7 N–H and O–H groups in total. The predicted molar refractivity (Wildman–Crippen MR) is 47.7 cm³/mol. The fourth-order valence-electron chi connectivity index (χ4n) is 0.702. The van der Waals surface area contributed by atoms with E-state index in [4.69, 9.17) is 0 Å². The molecule has 9 nitrogen and oxygen atoms in total. The fraction of sp³-hybridized carbons (Fsp3) is 0.167. The van der Waals surface area contributed by atoms with Gasteiger partial charge in [-0.25, -0.2) is 4.79 Å². The summed E-state index contributed by atoms with van der Waals surface area (Å²) < 4.78 is 0.302. The monoisotopic (exact) mass is 262 g/mol. The SMILES string of the molecule is Cc1cn(C(=O)[O-])c(=O)[nH]c1=O.O.O.O.[K+]. The van der Waals surface area contributed by atoms with E-state index >= 15 is 0 Å². The molecule has 0 spiro atoms. The van der Waals surface area contributed by atoms with E-state index in [0.29, 0.717) is 4.57 Å². The number of H-pyrrole nitrogens is 1. The van der Waals surface area contributed by atoms with E-state index in [2.05, 4.69) is 0 Å². The number of aryl methyl sites for hydroxylation is 1. The van der Waals surface area contributed by atoms with E-state index in [-0.39, 0.29) is 73.4 Å². The summed E-state index contributed by atoms with van der Waals surface area (Å²) in [7, 11) is 0. The van der Waals surface area contributed by atoms with Gasteiger partial charge in [0.15, 0.2) is 0 Å². The molecule has 10 heteroatoms. The molecule has 1 aromatic rings. The quantitative estimate of drug-likeness (QED) is 0.454. The first-order valence-electron chi connectivity index (χ1n) is 3.06. The second kappa shape index (κ2) is 9.86. The topological polar surface area (TPSA) is 189 Å². The van der Waals surface area contributed by atoms with Crippen LogP contribution in [-0.4, -0.2) is 32.1 Å². The summed E-state index contributed by atoms with van der Waals surface area (Å²) in [5.74, 6) is 0. The van der Waals surface area contributed by atoms with Crippen molar-refractivity contribution in [3.05, 3.63) is 32.6 Å². The molecule has 0 saturated carbocycles. The van der Waals surface area contributed by atoms with Crippen molar-refractivity contribution >= 4 is 6.09 Å². The summed E-state index contributed by atoms with van der Waals surface area (Å²) in [4.78, 5) is 33.5. The number of aromatic nitrogens is 2. The Morgan fingerprint density at radius 2 is 1.75 bits per heavy atom. The zero-order chi connectivity index (χ0) is 9.30. The molecule has 0 aromatic carbocycles. The Hall–Kier alpha value is -0.334. The molecule has 0 aliphatic carbocycles. The van der Waals surface area contributed by atoms with E-state index < -0.39 is 17.3 Å². The van der Waals surface area contributed by atoms with Crippen molar-refractivity contribution < 1.29 is 77.7 Å². The minimum absolute atomic E-state index is 0. The van der Waals surface area contributed by atoms with E-state index in [1.165, 1.54) is 6.92 Å². The van der Waals surface area contributed by atoms with Gasteiger partial charge in [0.1, 0.15) is 6.09 Å². The van der Waals surface area contributed by atoms with E-state index in [9.17, 15) is 19.5 Å². The van der Waals surface area contributed by atoms with Crippen molar-refractivity contribution in [2.24, 2.45) is 0 Å². The molecule has 1 rings (SSSR count). The fourth-order valence-corrected chi connectivity index (χ4v) is 0.702. The maximum absolute atomic E-state index is 10.7. The van der Waals surface area contributed by atoms with Gasteiger partial charge in [0.25, 0.3) is 5.56 Å². The first-order valence-corrected chi connectivity index (χ1v) is 3.06. The van der Waals surface area contributed by atoms with Crippen LogP contribution in [0.3, 0.4) is 0 Å². The van der Waals surface area contributed by atoms with Crippen LogP contribution in [-0.2, 0) is 0 Å². The molecule has 1 aromatic heterocycles. The smallest absolute Gasteiger partial charge is 0.529 e. The van der Waals surface area contributed by atoms with Crippen molar-refractivity contribution in [2.45, 2.75) is 6.92 Å². The molecule has 0 aliphatic rings. The molecule has 0 fully saturated rings. The molecule has 1 heterocycles. The molecule has 0 saturated heterocycles. The Bertz CT molecular complexity index is 437. The maximum atomic E-state index is 10.7. The third kappa shape index (κ3) is 5.67. The largest absolute Gasteiger partial charge is 1.00 e. The van der Waals surface area contributed by atoms with Crippen LogP contribution in [0.5, 0.6) is 0 Å². The van der Waals surface area contributed by atoms with Crippen molar-refractivity contribution in [3.63, 3.8) is 0 Å². The normalized spacial score (nSPS) is 7.31. The summed E-state index contributed by atoms with van der Waals surface area (Å²) in [5, 5.41) is 10.2. The van der Waals surface area contributed by atoms with Gasteiger partial charge in [-0.3, -0.25) is 14.3 Å². The summed E-state index contributed by atoms with van der Waals surface area (Å²) in [6, 6.07) is 0. The van der Waals surface area contributed by atoms with Crippen molar-refractivity contribution in [1.82, 2.24) is 9.55 Å². The van der Waals surface area contributed by atoms with Crippen LogP contribution in [0.25, 0.3) is 0 Å². The number of nitrogens with one attached hydrogen (secondary N) is 1. The van der Waals surface area contributed by atoms with Crippen LogP contribution in [0.15, 0.2) is 15.8 Å². The first-order chi connectivity index (χ1) is 5.52. The first kappa shape index (κ1) is 24.8. The molecule has 0 aliphatic heterocycles. The van der Waals surface area contributed by atoms with Gasteiger partial charge in [-0.15, -0.1) is 0 Å². The number of carbonyl (C=O) groups excluding carboxylic acids is 1. The third-order valence-corrected chi connectivity index (χ3v) is 1.32. The van der Waals surface area contributed by atoms with Gasteiger partial charge in [0.05, 0.1) is 0 Å². The molecule has 0 radical (unpaired) electrons. The van der Waals surface area contributed by atoms with Gasteiger partial charge >= 0.3 is 57.1 Å². The van der Waals surface area contributed by atoms with Crippen LogP contribution in [0, 0.1) is 6.92 Å². The van der Waals surface area contributed by atoms with Crippen LogP contribution in [0.2, 0.25) is 0 Å². The molecular formula is C6H11KN2O7. The molecule has 0 amide bonds. The summed E-state index contributed by atoms with van der Waals surface area (Å²) >= 11 is 0. The minimum Gasteiger partial charge on any atom is -0.529 e. The number of hydrogen-bond acceptors (Lipinski definition) is 4. The predicted octanol–water partition coefficient (Wildman–Crippen LogP) is -7.43. The van der Waals surface area contributed by atoms with E-state index in [0.717, 1.165) is 6.20 Å². The Labute approximate surface area is 131 Å². The Morgan fingerprint density at radius 3 is 2.12 bits per heavy atom. The number of rotatable bonds is 0. The molecular weight excluding hydrogens is 251 g/mol. The standard InChI is InChI=1S/C6H6N2O4.K.3H2O/c1-3-2-8(6(11)12)5(10)7-4(3)9;;;;/h2H,1H3,(H,11,12)(H,7,9,10);;3*1H2/q;+1;;;/p-1. The second-order valence-corrected chi connectivity index (χ2v) is 2.21. The summed E-state index contributed by atoms with van der Waals surface area (Å²) in [6.45, 7) is 1.39. The Kier molecular flexibility index (Phi) is 15.3. The van der Waals surface area contributed by atoms with Crippen LogP contribution >= 0.6 is 0 Å². The van der Waals surface area contributed by atoms with E-state index in [1.807, 2.05) is 4.98 Å². The zero-order valence-corrected chi connectivity index (χ0v) is 11.8. The average molecular weight is 262 g/mol. The molecule has 0 bridgehead atoms. The van der Waals surface area contributed by atoms with Crippen molar-refractivity contribution in [2.75, 3.05) is 0 Å². The van der Waals surface area contributed by atoms with Crippen LogP contribution in [0.4, 0.5) is 4.79 Å². The number of nitrogens with zero attached hydrogens (tertiary/aromatic N) is 1. The van der Waals surface area contributed by atoms with Gasteiger partial charge in [0.2, 0.25) is 0 Å². The Morgan fingerprint density at radius 1 is 1.31 bits per heavy atom. The molecule has 16 heavy (non-hydrogen) atoms. The van der Waals surface area contributed by atoms with Gasteiger partial charge in [0, 0.05) is 11.8 Å². The second-order valence-electron chi connectivity index (χ2n) is 2.21. The number of carbonyl (C=O) groups is 1. The van der Waals surface area contributed by atoms with Gasteiger partial charge in [-0.2, -0.15) is 0 Å². The number of carboxylic acid groups (broad SMARTS) is 1. The molecule has 88 valence electrons. The minimum atomic E-state index is -1.67. The summed E-state index contributed by atoms with van der Waals surface area (Å²) in [5.41, 5.74) is -1.47. The number of hydrogen-bond donors (Lipinski definition) is 1. The van der Waals surface area contributed by atoms with Crippen molar-refractivity contribution in [3.8, 4) is 0 Å².